The van der Waals surface area contributed by atoms with Gasteiger partial charge in [-0.3, -0.25) is 0 Å². The van der Waals surface area contributed by atoms with E-state index in [1.165, 1.54) is 6.07 Å². The molecular weight excluding hydrogens is 225 g/mol. The Bertz CT molecular complexity index is 339. The summed E-state index contributed by atoms with van der Waals surface area (Å²) in [5.74, 6) is 0.724. The topological polar surface area (TPSA) is 26.0 Å². The highest BCUT2D eigenvalue weighted by atomic mass is 35.5. The van der Waals surface area contributed by atoms with E-state index in [0.29, 0.717) is 16.5 Å². The Morgan fingerprint density at radius 2 is 1.94 bits per heavy atom. The maximum Gasteiger partial charge on any atom is 0.128 e. The molecule has 0 saturated heterocycles. The smallest absolute Gasteiger partial charge is 0.128 e. The molecule has 0 spiro atoms. The molecule has 0 bridgehead atoms. The normalized spacial score (nSPS) is 25.7. The van der Waals surface area contributed by atoms with E-state index in [4.69, 9.17) is 17.3 Å². The monoisotopic (exact) mass is 241 g/mol. The summed E-state index contributed by atoms with van der Waals surface area (Å²) in [6.45, 7) is 0.748. The molecule has 0 heterocycles. The lowest BCUT2D eigenvalue weighted by atomic mass is 9.78. The molecule has 1 nitrogen and oxygen atoms in total. The van der Waals surface area contributed by atoms with Crippen molar-refractivity contribution in [2.24, 2.45) is 11.7 Å². The van der Waals surface area contributed by atoms with Crippen LogP contribution in [0.5, 0.6) is 0 Å². The first-order valence-electron chi connectivity index (χ1n) is 5.86. The average molecular weight is 242 g/mol. The third-order valence-electron chi connectivity index (χ3n) is 3.59. The Morgan fingerprint density at radius 1 is 1.25 bits per heavy atom. The summed E-state index contributed by atoms with van der Waals surface area (Å²) in [5.41, 5.74) is 6.36. The summed E-state index contributed by atoms with van der Waals surface area (Å²) in [5, 5.41) is 0.566. The number of hydrogen-bond donors (Lipinski definition) is 1. The molecule has 1 saturated carbocycles. The van der Waals surface area contributed by atoms with Gasteiger partial charge in [0, 0.05) is 10.6 Å². The van der Waals surface area contributed by atoms with Gasteiger partial charge in [0.2, 0.25) is 0 Å². The minimum atomic E-state index is -0.163. The zero-order valence-corrected chi connectivity index (χ0v) is 10.0. The zero-order valence-electron chi connectivity index (χ0n) is 9.26. The Labute approximate surface area is 101 Å². The Balaban J connectivity index is 2.14. The second-order valence-electron chi connectivity index (χ2n) is 4.59. The van der Waals surface area contributed by atoms with Crippen LogP contribution in [0.15, 0.2) is 18.2 Å². The van der Waals surface area contributed by atoms with Crippen LogP contribution in [0.25, 0.3) is 0 Å². The molecule has 0 unspecified atom stereocenters. The van der Waals surface area contributed by atoms with Crippen LogP contribution < -0.4 is 5.73 Å². The Morgan fingerprint density at radius 3 is 2.50 bits per heavy atom. The summed E-state index contributed by atoms with van der Waals surface area (Å²) < 4.78 is 13.7. The summed E-state index contributed by atoms with van der Waals surface area (Å²) in [6, 6.07) is 4.93. The summed E-state index contributed by atoms with van der Waals surface area (Å²) in [7, 11) is 0. The molecule has 3 heteroatoms. The summed E-state index contributed by atoms with van der Waals surface area (Å²) in [4.78, 5) is 0. The van der Waals surface area contributed by atoms with Crippen molar-refractivity contribution in [3.8, 4) is 0 Å². The average Bonchev–Trinajstić information content (AvgIpc) is 2.30. The first-order valence-corrected chi connectivity index (χ1v) is 6.24. The van der Waals surface area contributed by atoms with E-state index in [9.17, 15) is 4.39 Å². The Hall–Kier alpha value is -0.600. The largest absolute Gasteiger partial charge is 0.330 e. The quantitative estimate of drug-likeness (QED) is 0.839. The molecule has 1 aliphatic rings. The van der Waals surface area contributed by atoms with E-state index in [0.717, 1.165) is 32.2 Å². The van der Waals surface area contributed by atoms with Crippen LogP contribution in [0, 0.1) is 11.7 Å². The standard InChI is InChI=1S/C13H17ClFN/c14-11-2-1-3-12(15)13(11)10-6-4-9(8-16)5-7-10/h1-3,9-10H,4-8,16H2. The molecule has 0 atom stereocenters. The van der Waals surface area contributed by atoms with E-state index in [1.807, 2.05) is 0 Å². The third kappa shape index (κ3) is 2.38. The van der Waals surface area contributed by atoms with Crippen LogP contribution in [0.4, 0.5) is 4.39 Å². The number of halogens is 2. The summed E-state index contributed by atoms with van der Waals surface area (Å²) >= 11 is 6.07. The lowest BCUT2D eigenvalue weighted by molar-refractivity contribution is 0.328. The van der Waals surface area contributed by atoms with Crippen molar-refractivity contribution in [3.05, 3.63) is 34.6 Å². The van der Waals surface area contributed by atoms with Gasteiger partial charge in [0.05, 0.1) is 0 Å². The van der Waals surface area contributed by atoms with Crippen LogP contribution in [0.2, 0.25) is 5.02 Å². The molecule has 0 radical (unpaired) electrons. The predicted octanol–water partition coefficient (Wildman–Crippen LogP) is 3.71. The zero-order chi connectivity index (χ0) is 11.5. The van der Waals surface area contributed by atoms with Gasteiger partial charge in [-0.2, -0.15) is 0 Å². The first-order chi connectivity index (χ1) is 7.72. The van der Waals surface area contributed by atoms with Crippen LogP contribution in [-0.2, 0) is 0 Å². The number of benzene rings is 1. The minimum absolute atomic E-state index is 0.163. The molecule has 1 fully saturated rings. The molecule has 2 N–H and O–H groups in total. The minimum Gasteiger partial charge on any atom is -0.330 e. The molecule has 2 rings (SSSR count). The molecule has 1 aliphatic carbocycles. The van der Waals surface area contributed by atoms with Crippen molar-refractivity contribution in [1.29, 1.82) is 0 Å². The maximum absolute atomic E-state index is 13.7. The van der Waals surface area contributed by atoms with Crippen molar-refractivity contribution < 1.29 is 4.39 Å². The highest BCUT2D eigenvalue weighted by Crippen LogP contribution is 2.39. The van der Waals surface area contributed by atoms with Gasteiger partial charge in [-0.1, -0.05) is 17.7 Å². The second kappa shape index (κ2) is 5.15. The molecule has 0 aliphatic heterocycles. The fraction of sp³-hybridized carbons (Fsp3) is 0.538. The third-order valence-corrected chi connectivity index (χ3v) is 3.92. The van der Waals surface area contributed by atoms with E-state index in [1.54, 1.807) is 12.1 Å². The fourth-order valence-corrected chi connectivity index (χ4v) is 2.90. The van der Waals surface area contributed by atoms with Crippen molar-refractivity contribution in [3.63, 3.8) is 0 Å². The summed E-state index contributed by atoms with van der Waals surface area (Å²) in [6.07, 6.45) is 4.18. The van der Waals surface area contributed by atoms with Gasteiger partial charge in [0.1, 0.15) is 5.82 Å². The molecule has 0 aromatic heterocycles. The SMILES string of the molecule is NCC1CCC(c2c(F)cccc2Cl)CC1. The molecule has 1 aromatic carbocycles. The van der Waals surface area contributed by atoms with Gasteiger partial charge in [0.15, 0.2) is 0 Å². The molecule has 0 amide bonds. The van der Waals surface area contributed by atoms with Gasteiger partial charge in [-0.15, -0.1) is 0 Å². The lowest BCUT2D eigenvalue weighted by Gasteiger charge is -2.28. The number of hydrogen-bond acceptors (Lipinski definition) is 1. The van der Waals surface area contributed by atoms with E-state index < -0.39 is 0 Å². The lowest BCUT2D eigenvalue weighted by Crippen LogP contribution is -2.21. The molecular formula is C13H17ClFN. The van der Waals surface area contributed by atoms with Gasteiger partial charge in [-0.25, -0.2) is 4.39 Å². The van der Waals surface area contributed by atoms with E-state index >= 15 is 0 Å². The van der Waals surface area contributed by atoms with Crippen LogP contribution in [0.1, 0.15) is 37.2 Å². The van der Waals surface area contributed by atoms with Gasteiger partial charge in [-0.05, 0) is 56.2 Å². The molecule has 88 valence electrons. The van der Waals surface area contributed by atoms with Crippen LogP contribution in [0.3, 0.4) is 0 Å². The van der Waals surface area contributed by atoms with Crippen LogP contribution in [-0.4, -0.2) is 6.54 Å². The van der Waals surface area contributed by atoms with Gasteiger partial charge in [0.25, 0.3) is 0 Å². The predicted molar refractivity (Wildman–Crippen MR) is 65.2 cm³/mol. The first kappa shape index (κ1) is 11.9. The highest BCUT2D eigenvalue weighted by molar-refractivity contribution is 6.31. The maximum atomic E-state index is 13.7. The van der Waals surface area contributed by atoms with Crippen LogP contribution >= 0.6 is 11.6 Å². The number of nitrogens with two attached hydrogens (primary N) is 1. The Kier molecular flexibility index (Phi) is 3.82. The van der Waals surface area contributed by atoms with E-state index in [2.05, 4.69) is 0 Å². The molecule has 1 aromatic rings. The van der Waals surface area contributed by atoms with Crippen molar-refractivity contribution in [2.45, 2.75) is 31.6 Å². The van der Waals surface area contributed by atoms with E-state index in [-0.39, 0.29) is 11.7 Å². The fourth-order valence-electron chi connectivity index (χ4n) is 2.59. The van der Waals surface area contributed by atoms with Gasteiger partial charge >= 0.3 is 0 Å². The second-order valence-corrected chi connectivity index (χ2v) is 5.00. The van der Waals surface area contributed by atoms with Crippen molar-refractivity contribution in [1.82, 2.24) is 0 Å². The van der Waals surface area contributed by atoms with Crippen molar-refractivity contribution in [2.75, 3.05) is 6.54 Å². The van der Waals surface area contributed by atoms with Crippen molar-refractivity contribution >= 4 is 11.6 Å². The highest BCUT2D eigenvalue weighted by Gasteiger charge is 2.25. The van der Waals surface area contributed by atoms with Gasteiger partial charge < -0.3 is 5.73 Å². The molecule has 16 heavy (non-hydrogen) atoms. The number of rotatable bonds is 2.